The van der Waals surface area contributed by atoms with E-state index in [0.29, 0.717) is 0 Å². The lowest BCUT2D eigenvalue weighted by atomic mass is 10.1. The van der Waals surface area contributed by atoms with Crippen LogP contribution < -0.4 is 4.74 Å². The molecule has 0 spiro atoms. The summed E-state index contributed by atoms with van der Waals surface area (Å²) in [6, 6.07) is 3.99. The monoisotopic (exact) mass is 400 g/mol. The molecule has 0 heterocycles. The summed E-state index contributed by atoms with van der Waals surface area (Å²) < 4.78 is 32.3. The van der Waals surface area contributed by atoms with Crippen LogP contribution in [0.1, 0.15) is 44.5 Å². The van der Waals surface area contributed by atoms with Crippen LogP contribution in [-0.2, 0) is 14.8 Å². The van der Waals surface area contributed by atoms with Crippen LogP contribution in [0.3, 0.4) is 0 Å². The molecule has 0 aliphatic rings. The normalized spacial score (nSPS) is 11.7. The van der Waals surface area contributed by atoms with Crippen molar-refractivity contribution in [2.75, 3.05) is 26.7 Å². The highest BCUT2D eigenvalue weighted by Crippen LogP contribution is 2.28. The molecule has 8 nitrogen and oxygen atoms in total. The number of benzene rings is 1. The van der Waals surface area contributed by atoms with Gasteiger partial charge in [0, 0.05) is 31.2 Å². The quantitative estimate of drug-likeness (QED) is 0.645. The molecule has 1 aromatic rings. The molecular formula is C18H28N2O6S. The lowest BCUT2D eigenvalue weighted by Crippen LogP contribution is -2.38. The van der Waals surface area contributed by atoms with Crippen molar-refractivity contribution in [3.05, 3.63) is 23.8 Å². The van der Waals surface area contributed by atoms with E-state index in [1.807, 2.05) is 0 Å². The maximum atomic E-state index is 12.9. The first-order valence-corrected chi connectivity index (χ1v) is 10.2. The van der Waals surface area contributed by atoms with Gasteiger partial charge in [-0.3, -0.25) is 9.59 Å². The Balaban J connectivity index is 3.38. The average molecular weight is 400 g/mol. The fourth-order valence-electron chi connectivity index (χ4n) is 2.69. The molecule has 0 atom stereocenters. The number of aliphatic carboxylic acids is 1. The van der Waals surface area contributed by atoms with Gasteiger partial charge in [0.05, 0.1) is 13.5 Å². The minimum atomic E-state index is -3.83. The standard InChI is InChI=1S/C18H28N2O6S/c1-6-19(7-2)27(24,25)16-12-14(8-9-15(16)26-5)18(23)20(13(3)4)11-10-17(21)22/h8-9,12-13H,6-7,10-11H2,1-5H3,(H,21,22). The molecule has 1 N–H and O–H groups in total. The van der Waals surface area contributed by atoms with Gasteiger partial charge in [0.15, 0.2) is 0 Å². The highest BCUT2D eigenvalue weighted by molar-refractivity contribution is 7.89. The Morgan fingerprint density at radius 3 is 2.22 bits per heavy atom. The smallest absolute Gasteiger partial charge is 0.305 e. The van der Waals surface area contributed by atoms with Gasteiger partial charge in [0.2, 0.25) is 10.0 Å². The number of ether oxygens (including phenoxy) is 1. The van der Waals surface area contributed by atoms with Crippen LogP contribution in [0, 0.1) is 0 Å². The molecule has 0 saturated carbocycles. The number of carboxylic acid groups (broad SMARTS) is 1. The lowest BCUT2D eigenvalue weighted by Gasteiger charge is -2.27. The molecule has 1 rings (SSSR count). The van der Waals surface area contributed by atoms with Gasteiger partial charge in [-0.25, -0.2) is 8.42 Å². The van der Waals surface area contributed by atoms with Crippen molar-refractivity contribution in [2.45, 2.75) is 45.1 Å². The molecule has 0 aromatic heterocycles. The van der Waals surface area contributed by atoms with E-state index in [9.17, 15) is 18.0 Å². The van der Waals surface area contributed by atoms with E-state index < -0.39 is 21.9 Å². The molecule has 152 valence electrons. The van der Waals surface area contributed by atoms with E-state index in [-0.39, 0.29) is 48.3 Å². The number of rotatable bonds is 10. The average Bonchev–Trinajstić information content (AvgIpc) is 2.61. The van der Waals surface area contributed by atoms with Gasteiger partial charge in [0.25, 0.3) is 5.91 Å². The van der Waals surface area contributed by atoms with Crippen molar-refractivity contribution in [3.8, 4) is 5.75 Å². The number of carboxylic acids is 1. The zero-order valence-electron chi connectivity index (χ0n) is 16.4. The Hall–Kier alpha value is -2.13. The highest BCUT2D eigenvalue weighted by Gasteiger charge is 2.28. The summed E-state index contributed by atoms with van der Waals surface area (Å²) in [5, 5.41) is 8.89. The van der Waals surface area contributed by atoms with Crippen LogP contribution in [0.4, 0.5) is 0 Å². The van der Waals surface area contributed by atoms with Gasteiger partial charge >= 0.3 is 5.97 Å². The molecular weight excluding hydrogens is 372 g/mol. The third-order valence-corrected chi connectivity index (χ3v) is 6.26. The maximum absolute atomic E-state index is 12.9. The molecule has 1 aromatic carbocycles. The van der Waals surface area contributed by atoms with Gasteiger partial charge in [-0.1, -0.05) is 13.8 Å². The summed E-state index contributed by atoms with van der Waals surface area (Å²) in [7, 11) is -2.46. The summed E-state index contributed by atoms with van der Waals surface area (Å²) in [6.45, 7) is 7.63. The zero-order chi connectivity index (χ0) is 20.8. The molecule has 0 radical (unpaired) electrons. The summed E-state index contributed by atoms with van der Waals surface area (Å²) >= 11 is 0. The largest absolute Gasteiger partial charge is 0.495 e. The van der Waals surface area contributed by atoms with Gasteiger partial charge in [-0.05, 0) is 32.0 Å². The molecule has 0 unspecified atom stereocenters. The minimum absolute atomic E-state index is 0.0377. The third kappa shape index (κ3) is 5.43. The molecule has 0 bridgehead atoms. The molecule has 0 aliphatic heterocycles. The van der Waals surface area contributed by atoms with E-state index in [2.05, 4.69) is 0 Å². The van der Waals surface area contributed by atoms with Crippen LogP contribution in [0.2, 0.25) is 0 Å². The fraction of sp³-hybridized carbons (Fsp3) is 0.556. The number of carbonyl (C=O) groups is 2. The first kappa shape index (κ1) is 22.9. The Kier molecular flexibility index (Phi) is 8.23. The van der Waals surface area contributed by atoms with E-state index in [1.54, 1.807) is 27.7 Å². The molecule has 1 amide bonds. The lowest BCUT2D eigenvalue weighted by molar-refractivity contribution is -0.137. The van der Waals surface area contributed by atoms with Crippen molar-refractivity contribution in [1.82, 2.24) is 9.21 Å². The summed E-state index contributed by atoms with van der Waals surface area (Å²) in [5.74, 6) is -1.28. The predicted molar refractivity (Wildman–Crippen MR) is 102 cm³/mol. The highest BCUT2D eigenvalue weighted by atomic mass is 32.2. The van der Waals surface area contributed by atoms with E-state index in [1.165, 1.54) is 34.5 Å². The predicted octanol–water partition coefficient (Wildman–Crippen LogP) is 2.05. The van der Waals surface area contributed by atoms with Crippen LogP contribution in [0.15, 0.2) is 23.1 Å². The van der Waals surface area contributed by atoms with Crippen molar-refractivity contribution in [2.24, 2.45) is 0 Å². The number of hydrogen-bond donors (Lipinski definition) is 1. The molecule has 27 heavy (non-hydrogen) atoms. The Morgan fingerprint density at radius 2 is 1.78 bits per heavy atom. The number of sulfonamides is 1. The Bertz CT molecular complexity index is 772. The van der Waals surface area contributed by atoms with Crippen molar-refractivity contribution >= 4 is 21.9 Å². The van der Waals surface area contributed by atoms with Crippen LogP contribution in [0.5, 0.6) is 5.75 Å². The number of nitrogens with zero attached hydrogens (tertiary/aromatic N) is 2. The van der Waals surface area contributed by atoms with Crippen LogP contribution >= 0.6 is 0 Å². The number of amides is 1. The molecule has 0 aliphatic carbocycles. The second-order valence-electron chi connectivity index (χ2n) is 6.19. The van der Waals surface area contributed by atoms with Crippen LogP contribution in [-0.4, -0.2) is 67.4 Å². The molecule has 9 heteroatoms. The maximum Gasteiger partial charge on any atom is 0.305 e. The molecule has 0 fully saturated rings. The van der Waals surface area contributed by atoms with Gasteiger partial charge in [-0.2, -0.15) is 4.31 Å². The fourth-order valence-corrected chi connectivity index (χ4v) is 4.33. The van der Waals surface area contributed by atoms with E-state index in [0.717, 1.165) is 0 Å². The van der Waals surface area contributed by atoms with Crippen molar-refractivity contribution in [3.63, 3.8) is 0 Å². The Morgan fingerprint density at radius 1 is 1.19 bits per heavy atom. The second kappa shape index (κ2) is 9.70. The summed E-state index contributed by atoms with van der Waals surface area (Å²) in [4.78, 5) is 25.1. The van der Waals surface area contributed by atoms with Crippen molar-refractivity contribution < 1.29 is 27.9 Å². The topological polar surface area (TPSA) is 104 Å². The second-order valence-corrected chi connectivity index (χ2v) is 8.10. The van der Waals surface area contributed by atoms with Gasteiger partial charge in [-0.15, -0.1) is 0 Å². The third-order valence-electron chi connectivity index (χ3n) is 4.18. The van der Waals surface area contributed by atoms with E-state index >= 15 is 0 Å². The summed E-state index contributed by atoms with van der Waals surface area (Å²) in [6.07, 6.45) is -0.190. The zero-order valence-corrected chi connectivity index (χ0v) is 17.2. The SMILES string of the molecule is CCN(CC)S(=O)(=O)c1cc(C(=O)N(CCC(=O)O)C(C)C)ccc1OC. The van der Waals surface area contributed by atoms with Crippen molar-refractivity contribution in [1.29, 1.82) is 0 Å². The first-order valence-electron chi connectivity index (χ1n) is 8.81. The van der Waals surface area contributed by atoms with Gasteiger partial charge in [0.1, 0.15) is 10.6 Å². The minimum Gasteiger partial charge on any atom is -0.495 e. The molecule has 0 saturated heterocycles. The summed E-state index contributed by atoms with van der Waals surface area (Å²) in [5.41, 5.74) is 0.167. The van der Waals surface area contributed by atoms with Crippen LogP contribution in [0.25, 0.3) is 0 Å². The first-order chi connectivity index (χ1) is 12.6. The number of hydrogen-bond acceptors (Lipinski definition) is 5. The number of methoxy groups -OCH3 is 1. The van der Waals surface area contributed by atoms with Gasteiger partial charge < -0.3 is 14.7 Å². The van der Waals surface area contributed by atoms with E-state index in [4.69, 9.17) is 9.84 Å². The number of carbonyl (C=O) groups excluding carboxylic acids is 1. The Labute approximate surface area is 160 Å².